The summed E-state index contributed by atoms with van der Waals surface area (Å²) >= 11 is 0. The Morgan fingerprint density at radius 1 is 1.20 bits per heavy atom. The van der Waals surface area contributed by atoms with Gasteiger partial charge in [0, 0.05) is 31.7 Å². The van der Waals surface area contributed by atoms with Crippen LogP contribution in [0.15, 0.2) is 54.9 Å². The highest BCUT2D eigenvalue weighted by molar-refractivity contribution is 5.94. The molecule has 1 aromatic carbocycles. The van der Waals surface area contributed by atoms with Gasteiger partial charge >= 0.3 is 6.03 Å². The van der Waals surface area contributed by atoms with Crippen LogP contribution in [0.3, 0.4) is 0 Å². The van der Waals surface area contributed by atoms with Gasteiger partial charge in [0.25, 0.3) is 5.91 Å². The van der Waals surface area contributed by atoms with Crippen LogP contribution in [0.2, 0.25) is 0 Å². The largest absolute Gasteiger partial charge is 0.362 e. The first kappa shape index (κ1) is 20.3. The molecule has 0 bridgehead atoms. The zero-order valence-corrected chi connectivity index (χ0v) is 17.2. The Kier molecular flexibility index (Phi) is 5.99. The molecule has 2 saturated heterocycles. The zero-order chi connectivity index (χ0) is 21.0. The summed E-state index contributed by atoms with van der Waals surface area (Å²) < 4.78 is 6.30. The number of hydrogen-bond acceptors (Lipinski definition) is 4. The molecule has 30 heavy (non-hydrogen) atoms. The van der Waals surface area contributed by atoms with Crippen molar-refractivity contribution in [2.75, 3.05) is 18.4 Å². The first-order valence-electron chi connectivity index (χ1n) is 10.5. The van der Waals surface area contributed by atoms with E-state index in [1.807, 2.05) is 41.3 Å². The number of carbonyl (C=O) groups excluding carboxylic acids is 2. The number of nitrogens with one attached hydrogen (secondary N) is 2. The average Bonchev–Trinajstić information content (AvgIpc) is 3.21. The molecule has 2 N–H and O–H groups in total. The Bertz CT molecular complexity index is 877. The Labute approximate surface area is 176 Å². The number of pyridine rings is 1. The molecule has 0 saturated carbocycles. The number of carbonyl (C=O) groups is 2. The minimum Gasteiger partial charge on any atom is -0.362 e. The van der Waals surface area contributed by atoms with Gasteiger partial charge in [-0.1, -0.05) is 37.3 Å². The smallest absolute Gasteiger partial charge is 0.317 e. The molecule has 4 rings (SSSR count). The summed E-state index contributed by atoms with van der Waals surface area (Å²) in [4.78, 5) is 31.1. The number of piperidine rings is 1. The predicted octanol–water partition coefficient (Wildman–Crippen LogP) is 3.19. The molecule has 1 aromatic heterocycles. The lowest BCUT2D eigenvalue weighted by atomic mass is 9.80. The van der Waals surface area contributed by atoms with Crippen molar-refractivity contribution in [3.05, 3.63) is 60.4 Å². The van der Waals surface area contributed by atoms with Gasteiger partial charge in [0.05, 0.1) is 17.5 Å². The molecule has 2 aromatic rings. The average molecular weight is 409 g/mol. The van der Waals surface area contributed by atoms with E-state index in [1.165, 1.54) is 0 Å². The Morgan fingerprint density at radius 3 is 2.77 bits per heavy atom. The van der Waals surface area contributed by atoms with Gasteiger partial charge < -0.3 is 20.3 Å². The predicted molar refractivity (Wildman–Crippen MR) is 114 cm³/mol. The maximum Gasteiger partial charge on any atom is 0.317 e. The van der Waals surface area contributed by atoms with Crippen LogP contribution in [0.5, 0.6) is 0 Å². The molecule has 1 spiro atoms. The highest BCUT2D eigenvalue weighted by atomic mass is 16.5. The summed E-state index contributed by atoms with van der Waals surface area (Å²) in [5.74, 6) is 0.0278. The van der Waals surface area contributed by atoms with Gasteiger partial charge in [-0.3, -0.25) is 9.78 Å². The molecule has 7 heteroatoms. The van der Waals surface area contributed by atoms with Crippen LogP contribution < -0.4 is 10.6 Å². The van der Waals surface area contributed by atoms with Crippen molar-refractivity contribution in [1.82, 2.24) is 15.2 Å². The Hall–Kier alpha value is -2.93. The summed E-state index contributed by atoms with van der Waals surface area (Å²) in [6.07, 6.45) is 5.09. The third-order valence-corrected chi connectivity index (χ3v) is 6.20. The lowest BCUT2D eigenvalue weighted by molar-refractivity contribution is -0.141. The molecule has 0 radical (unpaired) electrons. The standard InChI is InChI=1S/C23H28N4O3/c1-17-16-27(22(29)25-14-18-6-3-2-4-7-18)13-11-23(17)10-9-20(30-23)21(28)26-19-8-5-12-24-15-19/h2-8,12,15,17,20H,9-11,13-14,16H2,1H3,(H,25,29)(H,26,28). The van der Waals surface area contributed by atoms with E-state index in [0.29, 0.717) is 31.7 Å². The van der Waals surface area contributed by atoms with Crippen molar-refractivity contribution in [1.29, 1.82) is 0 Å². The van der Waals surface area contributed by atoms with Crippen LogP contribution in [-0.2, 0) is 16.1 Å². The number of likely N-dealkylation sites (tertiary alicyclic amines) is 1. The van der Waals surface area contributed by atoms with Gasteiger partial charge in [0.2, 0.25) is 0 Å². The fourth-order valence-electron chi connectivity index (χ4n) is 4.40. The zero-order valence-electron chi connectivity index (χ0n) is 17.2. The topological polar surface area (TPSA) is 83.6 Å². The van der Waals surface area contributed by atoms with Crippen molar-refractivity contribution in [2.45, 2.75) is 44.4 Å². The quantitative estimate of drug-likeness (QED) is 0.814. The van der Waals surface area contributed by atoms with Crippen molar-refractivity contribution in [3.63, 3.8) is 0 Å². The molecule has 2 aliphatic heterocycles. The fourth-order valence-corrected chi connectivity index (χ4v) is 4.40. The van der Waals surface area contributed by atoms with E-state index in [2.05, 4.69) is 22.5 Å². The summed E-state index contributed by atoms with van der Waals surface area (Å²) in [5.41, 5.74) is 1.41. The number of aromatic nitrogens is 1. The maximum absolute atomic E-state index is 12.6. The summed E-state index contributed by atoms with van der Waals surface area (Å²) in [6, 6.07) is 13.4. The second-order valence-electron chi connectivity index (χ2n) is 8.18. The van der Waals surface area contributed by atoms with E-state index >= 15 is 0 Å². The normalized spacial score (nSPS) is 25.8. The second kappa shape index (κ2) is 8.83. The van der Waals surface area contributed by atoms with Crippen molar-refractivity contribution < 1.29 is 14.3 Å². The monoisotopic (exact) mass is 408 g/mol. The molecule has 158 valence electrons. The molecule has 0 aliphatic carbocycles. The molecule has 3 unspecified atom stereocenters. The van der Waals surface area contributed by atoms with Gasteiger partial charge in [-0.25, -0.2) is 4.79 Å². The van der Waals surface area contributed by atoms with Crippen LogP contribution in [0.4, 0.5) is 10.5 Å². The van der Waals surface area contributed by atoms with Crippen molar-refractivity contribution >= 4 is 17.6 Å². The van der Waals surface area contributed by atoms with Gasteiger partial charge in [-0.05, 0) is 37.0 Å². The SMILES string of the molecule is CC1CN(C(=O)NCc2ccccc2)CCC12CCC(C(=O)Nc1cccnc1)O2. The van der Waals surface area contributed by atoms with Crippen molar-refractivity contribution in [3.8, 4) is 0 Å². The summed E-state index contributed by atoms with van der Waals surface area (Å²) in [6.45, 7) is 3.88. The minimum absolute atomic E-state index is 0.0515. The highest BCUT2D eigenvalue weighted by Gasteiger charge is 2.49. The maximum atomic E-state index is 12.6. The molecular weight excluding hydrogens is 380 g/mol. The third kappa shape index (κ3) is 4.46. The number of hydrogen-bond donors (Lipinski definition) is 2. The van der Waals surface area contributed by atoms with E-state index < -0.39 is 6.10 Å². The first-order chi connectivity index (χ1) is 14.6. The van der Waals surface area contributed by atoms with E-state index in [0.717, 1.165) is 18.4 Å². The number of benzene rings is 1. The molecule has 2 fully saturated rings. The van der Waals surface area contributed by atoms with Gasteiger partial charge in [0.1, 0.15) is 6.10 Å². The minimum atomic E-state index is -0.467. The Morgan fingerprint density at radius 2 is 2.03 bits per heavy atom. The number of ether oxygens (including phenoxy) is 1. The molecule has 2 aliphatic rings. The number of anilines is 1. The second-order valence-corrected chi connectivity index (χ2v) is 8.18. The van der Waals surface area contributed by atoms with Crippen LogP contribution in [0.1, 0.15) is 31.7 Å². The van der Waals surface area contributed by atoms with Gasteiger partial charge in [-0.15, -0.1) is 0 Å². The molecule has 3 atom stereocenters. The number of urea groups is 1. The number of rotatable bonds is 4. The summed E-state index contributed by atoms with van der Waals surface area (Å²) in [7, 11) is 0. The van der Waals surface area contributed by atoms with E-state index in [4.69, 9.17) is 4.74 Å². The van der Waals surface area contributed by atoms with Crippen molar-refractivity contribution in [2.24, 2.45) is 5.92 Å². The molecule has 3 heterocycles. The van der Waals surface area contributed by atoms with E-state index in [1.54, 1.807) is 18.5 Å². The van der Waals surface area contributed by atoms with E-state index in [-0.39, 0.29) is 23.5 Å². The van der Waals surface area contributed by atoms with Gasteiger partial charge in [-0.2, -0.15) is 0 Å². The van der Waals surface area contributed by atoms with Crippen LogP contribution in [0.25, 0.3) is 0 Å². The molecule has 7 nitrogen and oxygen atoms in total. The first-order valence-corrected chi connectivity index (χ1v) is 10.5. The highest BCUT2D eigenvalue weighted by Crippen LogP contribution is 2.42. The van der Waals surface area contributed by atoms with Crippen LogP contribution in [-0.4, -0.2) is 46.6 Å². The summed E-state index contributed by atoms with van der Waals surface area (Å²) in [5, 5.41) is 5.88. The number of amides is 3. The van der Waals surface area contributed by atoms with E-state index in [9.17, 15) is 9.59 Å². The molecular formula is C23H28N4O3. The number of nitrogens with zero attached hydrogens (tertiary/aromatic N) is 2. The van der Waals surface area contributed by atoms with Crippen LogP contribution in [0, 0.1) is 5.92 Å². The Balaban J connectivity index is 1.29. The molecule has 3 amide bonds. The third-order valence-electron chi connectivity index (χ3n) is 6.20. The van der Waals surface area contributed by atoms with Gasteiger partial charge in [0.15, 0.2) is 0 Å². The fraction of sp³-hybridized carbons (Fsp3) is 0.435. The van der Waals surface area contributed by atoms with Crippen LogP contribution >= 0.6 is 0 Å². The lowest BCUT2D eigenvalue weighted by Crippen LogP contribution is -2.54. The lowest BCUT2D eigenvalue weighted by Gasteiger charge is -2.44.